The average molecular weight is 341 g/mol. The first-order valence-corrected chi connectivity index (χ1v) is 8.63. The SMILES string of the molecule is O=[N+]([O-])c1cc(S(=O)(=O)NCCC2CCCO2)sc1Cl. The van der Waals surface area contributed by atoms with Gasteiger partial charge in [0, 0.05) is 19.2 Å². The maximum Gasteiger partial charge on any atom is 0.300 e. The molecule has 1 fully saturated rings. The Labute approximate surface area is 125 Å². The largest absolute Gasteiger partial charge is 0.378 e. The highest BCUT2D eigenvalue weighted by molar-refractivity contribution is 7.91. The fourth-order valence-electron chi connectivity index (χ4n) is 1.89. The molecule has 0 saturated carbocycles. The minimum atomic E-state index is -3.76. The summed E-state index contributed by atoms with van der Waals surface area (Å²) < 4.78 is 31.4. The number of rotatable bonds is 6. The zero-order valence-corrected chi connectivity index (χ0v) is 12.8. The Hall–Kier alpha value is -0.740. The topological polar surface area (TPSA) is 98.5 Å². The van der Waals surface area contributed by atoms with Crippen LogP contribution < -0.4 is 4.72 Å². The molecule has 1 unspecified atom stereocenters. The molecule has 0 amide bonds. The standard InChI is InChI=1S/C10H13ClN2O5S2/c11-10-8(13(14)15)6-9(19-10)20(16,17)12-4-3-7-2-1-5-18-7/h6-7,12H,1-5H2. The Morgan fingerprint density at radius 2 is 2.35 bits per heavy atom. The van der Waals surface area contributed by atoms with E-state index in [1.807, 2.05) is 0 Å². The third-order valence-corrected chi connectivity index (χ3v) is 6.16. The lowest BCUT2D eigenvalue weighted by atomic mass is 10.2. The van der Waals surface area contributed by atoms with E-state index in [2.05, 4.69) is 4.72 Å². The number of nitro groups is 1. The van der Waals surface area contributed by atoms with E-state index in [0.717, 1.165) is 18.9 Å². The highest BCUT2D eigenvalue weighted by Crippen LogP contribution is 2.36. The minimum Gasteiger partial charge on any atom is -0.378 e. The molecule has 112 valence electrons. The second-order valence-corrected chi connectivity index (χ2v) is 7.95. The summed E-state index contributed by atoms with van der Waals surface area (Å²) in [6.45, 7) is 0.945. The van der Waals surface area contributed by atoms with Crippen LogP contribution in [0.5, 0.6) is 0 Å². The lowest BCUT2D eigenvalue weighted by Crippen LogP contribution is -2.26. The van der Waals surface area contributed by atoms with Crippen LogP contribution in [0.4, 0.5) is 5.69 Å². The van der Waals surface area contributed by atoms with Gasteiger partial charge in [-0.3, -0.25) is 10.1 Å². The molecule has 0 aromatic carbocycles. The molecule has 1 N–H and O–H groups in total. The third-order valence-electron chi connectivity index (χ3n) is 2.89. The number of hydrogen-bond acceptors (Lipinski definition) is 6. The normalized spacial score (nSPS) is 19.4. The van der Waals surface area contributed by atoms with Crippen LogP contribution in [0, 0.1) is 10.1 Å². The van der Waals surface area contributed by atoms with Crippen LogP contribution in [-0.2, 0) is 14.8 Å². The molecule has 7 nitrogen and oxygen atoms in total. The molecule has 2 heterocycles. The molecule has 20 heavy (non-hydrogen) atoms. The first-order chi connectivity index (χ1) is 9.40. The Kier molecular flexibility index (Phi) is 4.97. The molecule has 0 bridgehead atoms. The Bertz CT molecular complexity index is 595. The van der Waals surface area contributed by atoms with Crippen molar-refractivity contribution in [2.45, 2.75) is 29.6 Å². The summed E-state index contributed by atoms with van der Waals surface area (Å²) in [5.74, 6) is 0. The molecular weight excluding hydrogens is 328 g/mol. The van der Waals surface area contributed by atoms with Crippen molar-refractivity contribution in [2.24, 2.45) is 0 Å². The van der Waals surface area contributed by atoms with E-state index in [4.69, 9.17) is 16.3 Å². The number of hydrogen-bond donors (Lipinski definition) is 1. The highest BCUT2D eigenvalue weighted by atomic mass is 35.5. The van der Waals surface area contributed by atoms with Gasteiger partial charge in [-0.15, -0.1) is 11.3 Å². The van der Waals surface area contributed by atoms with Gasteiger partial charge in [-0.05, 0) is 19.3 Å². The molecule has 1 saturated heterocycles. The fraction of sp³-hybridized carbons (Fsp3) is 0.600. The number of halogens is 1. The number of thiophene rings is 1. The van der Waals surface area contributed by atoms with Crippen LogP contribution in [0.25, 0.3) is 0 Å². The van der Waals surface area contributed by atoms with Gasteiger partial charge < -0.3 is 4.74 Å². The molecule has 1 aliphatic heterocycles. The number of sulfonamides is 1. The third kappa shape index (κ3) is 3.67. The van der Waals surface area contributed by atoms with Gasteiger partial charge in [-0.2, -0.15) is 0 Å². The van der Waals surface area contributed by atoms with Crippen molar-refractivity contribution in [1.29, 1.82) is 0 Å². The first kappa shape index (κ1) is 15.6. The van der Waals surface area contributed by atoms with E-state index in [9.17, 15) is 18.5 Å². The van der Waals surface area contributed by atoms with Gasteiger partial charge >= 0.3 is 0 Å². The van der Waals surface area contributed by atoms with Crippen LogP contribution in [0.2, 0.25) is 4.34 Å². The van der Waals surface area contributed by atoms with E-state index < -0.39 is 20.6 Å². The summed E-state index contributed by atoms with van der Waals surface area (Å²) in [6, 6.07) is 0.974. The Morgan fingerprint density at radius 1 is 1.60 bits per heavy atom. The van der Waals surface area contributed by atoms with Crippen molar-refractivity contribution in [3.8, 4) is 0 Å². The highest BCUT2D eigenvalue weighted by Gasteiger charge is 2.25. The number of nitrogens with zero attached hydrogens (tertiary/aromatic N) is 1. The zero-order valence-electron chi connectivity index (χ0n) is 10.4. The second-order valence-electron chi connectivity index (χ2n) is 4.30. The first-order valence-electron chi connectivity index (χ1n) is 5.95. The predicted octanol–water partition coefficient (Wildman–Crippen LogP) is 2.16. The maximum absolute atomic E-state index is 12.0. The van der Waals surface area contributed by atoms with Crippen molar-refractivity contribution in [2.75, 3.05) is 13.2 Å². The Morgan fingerprint density at radius 3 is 2.90 bits per heavy atom. The van der Waals surface area contributed by atoms with Crippen molar-refractivity contribution in [3.05, 3.63) is 20.5 Å². The molecule has 10 heteroatoms. The molecule has 0 radical (unpaired) electrons. The Balaban J connectivity index is 1.98. The minimum absolute atomic E-state index is 0.0824. The van der Waals surface area contributed by atoms with E-state index in [0.29, 0.717) is 24.4 Å². The quantitative estimate of drug-likeness (QED) is 0.632. The van der Waals surface area contributed by atoms with Gasteiger partial charge in [0.1, 0.15) is 4.21 Å². The van der Waals surface area contributed by atoms with Crippen molar-refractivity contribution < 1.29 is 18.1 Å². The monoisotopic (exact) mass is 340 g/mol. The van der Waals surface area contributed by atoms with Gasteiger partial charge in [-0.25, -0.2) is 13.1 Å². The molecule has 0 spiro atoms. The molecular formula is C10H13ClN2O5S2. The summed E-state index contributed by atoms with van der Waals surface area (Å²) >= 11 is 6.32. The number of ether oxygens (including phenoxy) is 1. The van der Waals surface area contributed by atoms with Gasteiger partial charge in [0.2, 0.25) is 10.0 Å². The molecule has 2 rings (SSSR count). The van der Waals surface area contributed by atoms with Crippen molar-refractivity contribution in [3.63, 3.8) is 0 Å². The smallest absolute Gasteiger partial charge is 0.300 e. The van der Waals surface area contributed by atoms with Crippen LogP contribution in [-0.4, -0.2) is 32.6 Å². The molecule has 0 aliphatic carbocycles. The summed E-state index contributed by atoms with van der Waals surface area (Å²) in [5.41, 5.74) is -0.392. The summed E-state index contributed by atoms with van der Waals surface area (Å²) in [5, 5.41) is 10.6. The predicted molar refractivity (Wildman–Crippen MR) is 74.8 cm³/mol. The lowest BCUT2D eigenvalue weighted by molar-refractivity contribution is -0.384. The van der Waals surface area contributed by atoms with Crippen LogP contribution in [0.1, 0.15) is 19.3 Å². The van der Waals surface area contributed by atoms with Gasteiger partial charge in [0.05, 0.1) is 11.0 Å². The zero-order chi connectivity index (χ0) is 14.8. The molecule has 1 atom stereocenters. The summed E-state index contributed by atoms with van der Waals surface area (Å²) in [7, 11) is -3.76. The maximum atomic E-state index is 12.0. The van der Waals surface area contributed by atoms with Crippen molar-refractivity contribution >= 4 is 38.6 Å². The summed E-state index contributed by atoms with van der Waals surface area (Å²) in [4.78, 5) is 9.94. The molecule has 1 aliphatic rings. The van der Waals surface area contributed by atoms with E-state index in [-0.39, 0.29) is 21.2 Å². The second kappa shape index (κ2) is 6.35. The molecule has 1 aromatic heterocycles. The van der Waals surface area contributed by atoms with E-state index >= 15 is 0 Å². The lowest BCUT2D eigenvalue weighted by Gasteiger charge is -2.09. The average Bonchev–Trinajstić information content (AvgIpc) is 2.98. The van der Waals surface area contributed by atoms with Gasteiger partial charge in [-0.1, -0.05) is 11.6 Å². The fourth-order valence-corrected chi connectivity index (χ4v) is 4.65. The van der Waals surface area contributed by atoms with Crippen LogP contribution >= 0.6 is 22.9 Å². The molecule has 1 aromatic rings. The van der Waals surface area contributed by atoms with Crippen molar-refractivity contribution in [1.82, 2.24) is 4.72 Å². The van der Waals surface area contributed by atoms with Crippen LogP contribution in [0.15, 0.2) is 10.3 Å². The van der Waals surface area contributed by atoms with E-state index in [1.165, 1.54) is 0 Å². The van der Waals surface area contributed by atoms with Gasteiger partial charge in [0.15, 0.2) is 4.34 Å². The number of nitrogens with one attached hydrogen (secondary N) is 1. The van der Waals surface area contributed by atoms with E-state index in [1.54, 1.807) is 0 Å². The summed E-state index contributed by atoms with van der Waals surface area (Å²) in [6.07, 6.45) is 2.58. The van der Waals surface area contributed by atoms with Crippen LogP contribution in [0.3, 0.4) is 0 Å². The van der Waals surface area contributed by atoms with Gasteiger partial charge in [0.25, 0.3) is 5.69 Å².